The number of hydrogen-bond donors (Lipinski definition) is 2. The van der Waals surface area contributed by atoms with Crippen molar-refractivity contribution in [1.29, 1.82) is 0 Å². The van der Waals surface area contributed by atoms with E-state index in [-0.39, 0.29) is 16.6 Å². The lowest BCUT2D eigenvalue weighted by molar-refractivity contribution is 0.348. The third-order valence-electron chi connectivity index (χ3n) is 4.95. The largest absolute Gasteiger partial charge is 0.356 e. The fraction of sp³-hybridized carbons (Fsp3) is 0.667. The number of hydrogen-bond acceptors (Lipinski definition) is 3. The Morgan fingerprint density at radius 2 is 1.59 bits per heavy atom. The zero-order valence-corrected chi connectivity index (χ0v) is 18.8. The highest BCUT2D eigenvalue weighted by atomic mass is 32.2. The number of nitrogens with zero attached hydrogens (tertiary/aromatic N) is 1. The van der Waals surface area contributed by atoms with Crippen molar-refractivity contribution in [3.8, 4) is 0 Å². The van der Waals surface area contributed by atoms with Gasteiger partial charge < -0.3 is 10.6 Å². The van der Waals surface area contributed by atoms with Crippen molar-refractivity contribution < 1.29 is 8.42 Å². The van der Waals surface area contributed by atoms with Crippen molar-refractivity contribution in [3.63, 3.8) is 0 Å². The van der Waals surface area contributed by atoms with E-state index < -0.39 is 9.84 Å². The Morgan fingerprint density at radius 1 is 1.04 bits per heavy atom. The Kier molecular flexibility index (Phi) is 8.33. The molecule has 1 rings (SSSR count). The molecule has 0 aliphatic carbocycles. The summed E-state index contributed by atoms with van der Waals surface area (Å²) in [5.74, 6) is 0.940. The molecule has 0 saturated carbocycles. The molecule has 0 radical (unpaired) electrons. The summed E-state index contributed by atoms with van der Waals surface area (Å²) in [4.78, 5) is 4.30. The summed E-state index contributed by atoms with van der Waals surface area (Å²) in [5.41, 5.74) is 2.47. The van der Waals surface area contributed by atoms with E-state index >= 15 is 0 Å². The highest BCUT2D eigenvalue weighted by Crippen LogP contribution is 2.23. The molecule has 0 atom stereocenters. The third-order valence-corrected chi connectivity index (χ3v) is 5.89. The van der Waals surface area contributed by atoms with Gasteiger partial charge in [0, 0.05) is 31.8 Å². The van der Waals surface area contributed by atoms with Gasteiger partial charge in [-0.2, -0.15) is 0 Å². The van der Waals surface area contributed by atoms with Crippen molar-refractivity contribution in [2.75, 3.05) is 32.1 Å². The van der Waals surface area contributed by atoms with Gasteiger partial charge in [0.2, 0.25) is 0 Å². The monoisotopic (exact) mass is 395 g/mol. The Morgan fingerprint density at radius 3 is 2.07 bits per heavy atom. The number of nitrogens with one attached hydrogen (secondary N) is 2. The molecule has 0 bridgehead atoms. The normalized spacial score (nSPS) is 13.5. The van der Waals surface area contributed by atoms with Crippen LogP contribution in [0.15, 0.2) is 29.3 Å². The van der Waals surface area contributed by atoms with Crippen LogP contribution in [0, 0.1) is 5.41 Å². The van der Waals surface area contributed by atoms with Crippen LogP contribution in [0.25, 0.3) is 0 Å². The maximum absolute atomic E-state index is 11.4. The predicted octanol–water partition coefficient (Wildman–Crippen LogP) is 3.15. The lowest BCUT2D eigenvalue weighted by Gasteiger charge is -2.29. The van der Waals surface area contributed by atoms with Gasteiger partial charge in [-0.05, 0) is 29.4 Å². The second-order valence-corrected chi connectivity index (χ2v) is 11.0. The van der Waals surface area contributed by atoms with Crippen LogP contribution in [-0.2, 0) is 21.7 Å². The van der Waals surface area contributed by atoms with Gasteiger partial charge in [0.1, 0.15) is 9.84 Å². The zero-order chi connectivity index (χ0) is 20.7. The van der Waals surface area contributed by atoms with Gasteiger partial charge in [-0.3, -0.25) is 4.99 Å². The lowest BCUT2D eigenvalue weighted by Crippen LogP contribution is -2.46. The molecule has 1 aromatic rings. The van der Waals surface area contributed by atoms with Gasteiger partial charge in [0.25, 0.3) is 0 Å². The Bertz CT molecular complexity index is 720. The zero-order valence-electron chi connectivity index (χ0n) is 18.0. The number of sulfone groups is 1. The summed E-state index contributed by atoms with van der Waals surface area (Å²) in [7, 11) is -1.19. The van der Waals surface area contributed by atoms with Crippen LogP contribution in [0.3, 0.4) is 0 Å². The topological polar surface area (TPSA) is 70.6 Å². The van der Waals surface area contributed by atoms with Crippen molar-refractivity contribution in [1.82, 2.24) is 10.6 Å². The minimum absolute atomic E-state index is 0.0320. The van der Waals surface area contributed by atoms with E-state index in [1.54, 1.807) is 7.05 Å². The molecule has 2 N–H and O–H groups in total. The summed E-state index contributed by atoms with van der Waals surface area (Å²) in [6, 6.07) is 8.78. The van der Waals surface area contributed by atoms with Gasteiger partial charge in [-0.1, -0.05) is 58.9 Å². The van der Waals surface area contributed by atoms with Crippen molar-refractivity contribution in [3.05, 3.63) is 35.4 Å². The molecule has 5 nitrogen and oxygen atoms in total. The Hall–Kier alpha value is -1.56. The lowest BCUT2D eigenvalue weighted by atomic mass is 9.84. The Labute approximate surface area is 166 Å². The van der Waals surface area contributed by atoms with Crippen LogP contribution < -0.4 is 10.6 Å². The number of aryl methyl sites for hydroxylation is 1. The first-order chi connectivity index (χ1) is 12.4. The maximum Gasteiger partial charge on any atom is 0.191 e. The average molecular weight is 396 g/mol. The maximum atomic E-state index is 11.4. The Balaban J connectivity index is 2.60. The standard InChI is InChI=1S/C21H37N3O2S/c1-8-17-9-11-18(12-10-17)21(4,5)16-24-19(22-6)23-15-20(2,3)13-14-27(7,25)26/h9-12H,8,13-16H2,1-7H3,(H2,22,23,24). The van der Waals surface area contributed by atoms with Crippen molar-refractivity contribution in [2.45, 2.75) is 52.9 Å². The predicted molar refractivity (Wildman–Crippen MR) is 116 cm³/mol. The second kappa shape index (κ2) is 9.58. The van der Waals surface area contributed by atoms with E-state index in [9.17, 15) is 8.42 Å². The third kappa shape index (κ3) is 8.78. The van der Waals surface area contributed by atoms with Gasteiger partial charge in [0.05, 0.1) is 5.75 Å². The molecule has 154 valence electrons. The first-order valence-corrected chi connectivity index (χ1v) is 11.7. The molecular formula is C21H37N3O2S. The minimum Gasteiger partial charge on any atom is -0.356 e. The number of benzene rings is 1. The molecule has 0 amide bonds. The van der Waals surface area contributed by atoms with Crippen LogP contribution in [0.1, 0.15) is 52.2 Å². The van der Waals surface area contributed by atoms with Gasteiger partial charge in [-0.15, -0.1) is 0 Å². The van der Waals surface area contributed by atoms with Crippen LogP contribution in [0.2, 0.25) is 0 Å². The summed E-state index contributed by atoms with van der Waals surface area (Å²) in [6.07, 6.45) is 2.95. The van der Waals surface area contributed by atoms with Crippen LogP contribution in [0.4, 0.5) is 0 Å². The second-order valence-electron chi connectivity index (χ2n) is 8.76. The molecule has 0 fully saturated rings. The van der Waals surface area contributed by atoms with E-state index in [1.165, 1.54) is 17.4 Å². The SMILES string of the molecule is CCc1ccc(C(C)(C)CNC(=NC)NCC(C)(C)CCS(C)(=O)=O)cc1. The van der Waals surface area contributed by atoms with Crippen LogP contribution in [-0.4, -0.2) is 46.5 Å². The molecule has 27 heavy (non-hydrogen) atoms. The molecule has 0 heterocycles. The van der Waals surface area contributed by atoms with Crippen LogP contribution >= 0.6 is 0 Å². The minimum atomic E-state index is -2.94. The number of aliphatic imine (C=N–C) groups is 1. The van der Waals surface area contributed by atoms with Crippen LogP contribution in [0.5, 0.6) is 0 Å². The molecule has 0 unspecified atom stereocenters. The summed E-state index contributed by atoms with van der Waals surface area (Å²) >= 11 is 0. The molecular weight excluding hydrogens is 358 g/mol. The summed E-state index contributed by atoms with van der Waals surface area (Å²) in [5, 5.41) is 6.73. The first-order valence-electron chi connectivity index (χ1n) is 9.60. The average Bonchev–Trinajstić information content (AvgIpc) is 2.60. The van der Waals surface area contributed by atoms with Crippen molar-refractivity contribution in [2.24, 2.45) is 10.4 Å². The highest BCUT2D eigenvalue weighted by molar-refractivity contribution is 7.90. The molecule has 0 saturated heterocycles. The van der Waals surface area contributed by atoms with Gasteiger partial charge >= 0.3 is 0 Å². The smallest absolute Gasteiger partial charge is 0.191 e. The molecule has 0 aliphatic rings. The fourth-order valence-corrected chi connectivity index (χ4v) is 3.62. The molecule has 0 spiro atoms. The van der Waals surface area contributed by atoms with Crippen molar-refractivity contribution >= 4 is 15.8 Å². The quantitative estimate of drug-likeness (QED) is 0.498. The van der Waals surface area contributed by atoms with E-state index in [4.69, 9.17) is 0 Å². The summed E-state index contributed by atoms with van der Waals surface area (Å²) < 4.78 is 22.8. The molecule has 0 aromatic heterocycles. The van der Waals surface area contributed by atoms with Gasteiger partial charge in [-0.25, -0.2) is 8.42 Å². The van der Waals surface area contributed by atoms with E-state index in [0.29, 0.717) is 13.0 Å². The highest BCUT2D eigenvalue weighted by Gasteiger charge is 2.23. The molecule has 0 aliphatic heterocycles. The number of rotatable bonds is 9. The molecule has 6 heteroatoms. The van der Waals surface area contributed by atoms with E-state index in [0.717, 1.165) is 18.9 Å². The summed E-state index contributed by atoms with van der Waals surface area (Å²) in [6.45, 7) is 12.1. The van der Waals surface area contributed by atoms with E-state index in [2.05, 4.69) is 74.5 Å². The van der Waals surface area contributed by atoms with Gasteiger partial charge in [0.15, 0.2) is 5.96 Å². The molecule has 1 aromatic carbocycles. The first kappa shape index (κ1) is 23.5. The fourth-order valence-electron chi connectivity index (χ4n) is 2.69. The van der Waals surface area contributed by atoms with E-state index in [1.807, 2.05) is 0 Å². The number of guanidine groups is 1.